The highest BCUT2D eigenvalue weighted by Gasteiger charge is 2.29. The Balaban J connectivity index is 1.84. The van der Waals surface area contributed by atoms with Crippen LogP contribution in [0.3, 0.4) is 0 Å². The second-order valence-electron chi connectivity index (χ2n) is 7.28. The van der Waals surface area contributed by atoms with Gasteiger partial charge >= 0.3 is 0 Å². The molecule has 0 saturated carbocycles. The number of sulfonamides is 1. The van der Waals surface area contributed by atoms with Crippen molar-refractivity contribution in [3.63, 3.8) is 0 Å². The van der Waals surface area contributed by atoms with E-state index in [2.05, 4.69) is 5.32 Å². The molecule has 29 heavy (non-hydrogen) atoms. The number of likely N-dealkylation sites (N-methyl/N-ethyl adjacent to an activating group) is 1. The van der Waals surface area contributed by atoms with Gasteiger partial charge < -0.3 is 9.73 Å². The van der Waals surface area contributed by atoms with E-state index in [1.165, 1.54) is 16.4 Å². The summed E-state index contributed by atoms with van der Waals surface area (Å²) >= 11 is 0. The summed E-state index contributed by atoms with van der Waals surface area (Å²) in [5.41, 5.74) is 0.00559. The molecule has 0 amide bonds. The number of hydrogen-bond donors (Lipinski definition) is 1. The predicted molar refractivity (Wildman–Crippen MR) is 109 cm³/mol. The van der Waals surface area contributed by atoms with E-state index in [-0.39, 0.29) is 22.3 Å². The molecule has 1 aliphatic rings. The summed E-state index contributed by atoms with van der Waals surface area (Å²) in [7, 11) is 0.0359. The summed E-state index contributed by atoms with van der Waals surface area (Å²) in [5, 5.41) is 14.7. The van der Waals surface area contributed by atoms with Gasteiger partial charge in [-0.1, -0.05) is 6.42 Å². The summed E-state index contributed by atoms with van der Waals surface area (Å²) in [6.45, 7) is 1.26. The molecule has 10 heteroatoms. The number of piperidine rings is 1. The van der Waals surface area contributed by atoms with Gasteiger partial charge in [-0.25, -0.2) is 8.42 Å². The SMILES string of the molecule is CN(C)[C@H](CNc1ccc(S(=O)(=O)N2CCCCC2)cc1[N+](=O)[O-])c1ccco1. The topological polar surface area (TPSA) is 109 Å². The lowest BCUT2D eigenvalue weighted by atomic mass is 10.2. The maximum atomic E-state index is 12.8. The maximum absolute atomic E-state index is 12.8. The number of nitro groups is 1. The molecule has 9 nitrogen and oxygen atoms in total. The number of nitrogens with one attached hydrogen (secondary N) is 1. The van der Waals surface area contributed by atoms with Crippen LogP contribution >= 0.6 is 0 Å². The van der Waals surface area contributed by atoms with Crippen molar-refractivity contribution in [2.75, 3.05) is 39.0 Å². The standard InChI is InChI=1S/C19H26N4O5S/c1-21(2)18(19-7-6-12-28-19)14-20-16-9-8-15(13-17(16)23(24)25)29(26,27)22-10-4-3-5-11-22/h6-9,12-13,18,20H,3-5,10-11,14H2,1-2H3/t18-/m1/s1. The van der Waals surface area contributed by atoms with Crippen LogP contribution in [-0.4, -0.2) is 56.3 Å². The number of rotatable bonds is 8. The molecule has 2 aromatic rings. The van der Waals surface area contributed by atoms with Crippen LogP contribution in [0.15, 0.2) is 45.9 Å². The van der Waals surface area contributed by atoms with Crippen molar-refractivity contribution < 1.29 is 17.8 Å². The van der Waals surface area contributed by atoms with Crippen LogP contribution in [0.5, 0.6) is 0 Å². The lowest BCUT2D eigenvalue weighted by Gasteiger charge is -2.26. The molecule has 0 aliphatic carbocycles. The first-order valence-corrected chi connectivity index (χ1v) is 11.0. The Morgan fingerprint density at radius 1 is 1.24 bits per heavy atom. The lowest BCUT2D eigenvalue weighted by Crippen LogP contribution is -2.35. The van der Waals surface area contributed by atoms with Gasteiger partial charge in [-0.3, -0.25) is 15.0 Å². The summed E-state index contributed by atoms with van der Waals surface area (Å²) in [6.07, 6.45) is 4.19. The first-order valence-electron chi connectivity index (χ1n) is 9.53. The van der Waals surface area contributed by atoms with Crippen LogP contribution in [0.2, 0.25) is 0 Å². The van der Waals surface area contributed by atoms with Gasteiger partial charge in [0.2, 0.25) is 10.0 Å². The number of furan rings is 1. The zero-order valence-corrected chi connectivity index (χ0v) is 17.4. The Kier molecular flexibility index (Phi) is 6.56. The Morgan fingerprint density at radius 2 is 1.97 bits per heavy atom. The van der Waals surface area contributed by atoms with Crippen LogP contribution in [0.1, 0.15) is 31.1 Å². The fraction of sp³-hybridized carbons (Fsp3) is 0.474. The molecule has 1 fully saturated rings. The first-order chi connectivity index (χ1) is 13.8. The van der Waals surface area contributed by atoms with Crippen LogP contribution in [-0.2, 0) is 10.0 Å². The minimum atomic E-state index is -3.74. The Hall–Kier alpha value is -2.43. The molecule has 0 bridgehead atoms. The number of benzene rings is 1. The van der Waals surface area contributed by atoms with E-state index >= 15 is 0 Å². The van der Waals surface area contributed by atoms with Gasteiger partial charge in [-0.2, -0.15) is 4.31 Å². The zero-order chi connectivity index (χ0) is 21.0. The van der Waals surface area contributed by atoms with Gasteiger partial charge in [-0.15, -0.1) is 0 Å². The highest BCUT2D eigenvalue weighted by atomic mass is 32.2. The number of hydrogen-bond acceptors (Lipinski definition) is 7. The molecular formula is C19H26N4O5S. The highest BCUT2D eigenvalue weighted by Crippen LogP contribution is 2.31. The first kappa shape index (κ1) is 21.3. The monoisotopic (exact) mass is 422 g/mol. The molecule has 2 heterocycles. The minimum Gasteiger partial charge on any atom is -0.468 e. The second-order valence-corrected chi connectivity index (χ2v) is 9.21. The quantitative estimate of drug-likeness (QED) is 0.514. The fourth-order valence-electron chi connectivity index (χ4n) is 3.45. The van der Waals surface area contributed by atoms with Gasteiger partial charge in [0.05, 0.1) is 22.1 Å². The van der Waals surface area contributed by atoms with Gasteiger partial charge in [0.15, 0.2) is 0 Å². The third kappa shape index (κ3) is 4.77. The average Bonchev–Trinajstić information content (AvgIpc) is 3.23. The van der Waals surface area contributed by atoms with E-state index in [0.29, 0.717) is 19.6 Å². The van der Waals surface area contributed by atoms with Gasteiger partial charge in [0, 0.05) is 25.7 Å². The normalized spacial score (nSPS) is 16.7. The van der Waals surface area contributed by atoms with Crippen LogP contribution < -0.4 is 5.32 Å². The van der Waals surface area contributed by atoms with Gasteiger partial charge in [0.1, 0.15) is 11.4 Å². The van der Waals surface area contributed by atoms with E-state index in [4.69, 9.17) is 4.42 Å². The zero-order valence-electron chi connectivity index (χ0n) is 16.6. The summed E-state index contributed by atoms with van der Waals surface area (Å²) in [6, 6.07) is 7.52. The molecule has 0 radical (unpaired) electrons. The molecule has 1 saturated heterocycles. The molecule has 3 rings (SSSR count). The molecule has 1 aromatic carbocycles. The van der Waals surface area contributed by atoms with Gasteiger partial charge in [-0.05, 0) is 51.2 Å². The summed E-state index contributed by atoms with van der Waals surface area (Å²) < 4.78 is 32.6. The van der Waals surface area contributed by atoms with Crippen molar-refractivity contribution in [1.82, 2.24) is 9.21 Å². The summed E-state index contributed by atoms with van der Waals surface area (Å²) in [5.74, 6) is 0.731. The molecule has 0 spiro atoms. The third-order valence-electron chi connectivity index (χ3n) is 5.10. The van der Waals surface area contributed by atoms with Crippen LogP contribution in [0.4, 0.5) is 11.4 Å². The largest absolute Gasteiger partial charge is 0.468 e. The highest BCUT2D eigenvalue weighted by molar-refractivity contribution is 7.89. The third-order valence-corrected chi connectivity index (χ3v) is 6.99. The van der Waals surface area contributed by atoms with E-state index < -0.39 is 14.9 Å². The Morgan fingerprint density at radius 3 is 2.55 bits per heavy atom. The molecule has 1 atom stereocenters. The molecule has 0 unspecified atom stereocenters. The number of nitrogens with zero attached hydrogens (tertiary/aromatic N) is 3. The van der Waals surface area contributed by atoms with E-state index in [1.54, 1.807) is 12.3 Å². The molecule has 158 valence electrons. The van der Waals surface area contributed by atoms with Crippen molar-refractivity contribution in [2.45, 2.75) is 30.2 Å². The van der Waals surface area contributed by atoms with Crippen LogP contribution in [0.25, 0.3) is 0 Å². The fourth-order valence-corrected chi connectivity index (χ4v) is 4.99. The Labute approximate surface area is 170 Å². The maximum Gasteiger partial charge on any atom is 0.293 e. The van der Waals surface area contributed by atoms with E-state index in [9.17, 15) is 18.5 Å². The van der Waals surface area contributed by atoms with E-state index in [0.717, 1.165) is 31.1 Å². The van der Waals surface area contributed by atoms with Crippen LogP contribution in [0, 0.1) is 10.1 Å². The van der Waals surface area contributed by atoms with Crippen molar-refractivity contribution in [2.24, 2.45) is 0 Å². The second kappa shape index (κ2) is 8.93. The average molecular weight is 423 g/mol. The van der Waals surface area contributed by atoms with Crippen molar-refractivity contribution in [3.05, 3.63) is 52.5 Å². The Bertz CT molecular complexity index is 938. The molecule has 1 aliphatic heterocycles. The molecule has 1 aromatic heterocycles. The number of nitro benzene ring substituents is 1. The minimum absolute atomic E-state index is 0.0492. The van der Waals surface area contributed by atoms with Crippen molar-refractivity contribution in [3.8, 4) is 0 Å². The molecular weight excluding hydrogens is 396 g/mol. The number of anilines is 1. The van der Waals surface area contributed by atoms with Crippen molar-refractivity contribution in [1.29, 1.82) is 0 Å². The smallest absolute Gasteiger partial charge is 0.293 e. The summed E-state index contributed by atoms with van der Waals surface area (Å²) in [4.78, 5) is 12.9. The molecule has 1 N–H and O–H groups in total. The predicted octanol–water partition coefficient (Wildman–Crippen LogP) is 3.08. The van der Waals surface area contributed by atoms with Crippen molar-refractivity contribution >= 4 is 21.4 Å². The van der Waals surface area contributed by atoms with E-state index in [1.807, 2.05) is 25.1 Å². The van der Waals surface area contributed by atoms with Gasteiger partial charge in [0.25, 0.3) is 5.69 Å². The lowest BCUT2D eigenvalue weighted by molar-refractivity contribution is -0.384.